The summed E-state index contributed by atoms with van der Waals surface area (Å²) < 4.78 is 1.12. The lowest BCUT2D eigenvalue weighted by atomic mass is 9.82. The normalized spacial score (nSPS) is 23.3. The van der Waals surface area contributed by atoms with Gasteiger partial charge in [0.1, 0.15) is 0 Å². The molecular weight excluding hydrogens is 282 g/mol. The average Bonchev–Trinajstić information content (AvgIpc) is 2.89. The third-order valence-corrected chi connectivity index (χ3v) is 5.51. The number of rotatable bonds is 4. The Balaban J connectivity index is 1.90. The van der Waals surface area contributed by atoms with Crippen molar-refractivity contribution in [2.75, 3.05) is 18.8 Å². The summed E-state index contributed by atoms with van der Waals surface area (Å²) in [5.74, 6) is -0.391. The first kappa shape index (κ1) is 14.4. The van der Waals surface area contributed by atoms with E-state index in [-0.39, 0.29) is 5.91 Å². The monoisotopic (exact) mass is 299 g/mol. The van der Waals surface area contributed by atoms with E-state index in [0.29, 0.717) is 25.3 Å². The number of thioether (sulfide) groups is 1. The topological polar surface area (TPSA) is 57.6 Å². The van der Waals surface area contributed by atoms with E-state index in [1.807, 2.05) is 17.5 Å². The van der Waals surface area contributed by atoms with E-state index < -0.39 is 11.4 Å². The number of hydrogen-bond donors (Lipinski definition) is 1. The minimum Gasteiger partial charge on any atom is -0.481 e. The Labute approximate surface area is 120 Å². The lowest BCUT2D eigenvalue weighted by Gasteiger charge is -2.37. The molecule has 0 spiro atoms. The SMILES string of the molecule is CC1(C(=O)O)CCCN(C(=O)CSc2cccs2)C1. The maximum absolute atomic E-state index is 12.1. The highest BCUT2D eigenvalue weighted by Gasteiger charge is 2.39. The van der Waals surface area contributed by atoms with Crippen LogP contribution in [-0.4, -0.2) is 40.7 Å². The quantitative estimate of drug-likeness (QED) is 0.868. The Hall–Kier alpha value is -1.01. The Morgan fingerprint density at radius 1 is 1.58 bits per heavy atom. The zero-order valence-electron chi connectivity index (χ0n) is 10.8. The molecule has 0 radical (unpaired) electrons. The number of amides is 1. The van der Waals surface area contributed by atoms with E-state index in [0.717, 1.165) is 10.6 Å². The van der Waals surface area contributed by atoms with E-state index in [2.05, 4.69) is 0 Å². The Kier molecular flexibility index (Phi) is 4.52. The van der Waals surface area contributed by atoms with Crippen molar-refractivity contribution in [2.24, 2.45) is 5.41 Å². The van der Waals surface area contributed by atoms with Gasteiger partial charge in [-0.3, -0.25) is 9.59 Å². The molecule has 0 saturated carbocycles. The number of carbonyl (C=O) groups is 2. The Morgan fingerprint density at radius 3 is 3.00 bits per heavy atom. The van der Waals surface area contributed by atoms with Gasteiger partial charge in [-0.25, -0.2) is 0 Å². The molecule has 1 atom stereocenters. The van der Waals surface area contributed by atoms with Crippen LogP contribution in [0.1, 0.15) is 19.8 Å². The van der Waals surface area contributed by atoms with Gasteiger partial charge in [-0.15, -0.1) is 23.1 Å². The second-order valence-corrected chi connectivity index (χ2v) is 7.23. The van der Waals surface area contributed by atoms with Crippen LogP contribution in [0.2, 0.25) is 0 Å². The predicted octanol–water partition coefficient (Wildman–Crippen LogP) is 2.55. The van der Waals surface area contributed by atoms with Crippen molar-refractivity contribution in [1.29, 1.82) is 0 Å². The first-order valence-electron chi connectivity index (χ1n) is 6.19. The van der Waals surface area contributed by atoms with Crippen LogP contribution in [0.5, 0.6) is 0 Å². The molecule has 4 nitrogen and oxygen atoms in total. The molecule has 0 bridgehead atoms. The van der Waals surface area contributed by atoms with Gasteiger partial charge < -0.3 is 10.0 Å². The zero-order valence-corrected chi connectivity index (χ0v) is 12.4. The molecule has 0 aromatic carbocycles. The number of carbonyl (C=O) groups excluding carboxylic acids is 1. The Morgan fingerprint density at radius 2 is 2.37 bits per heavy atom. The fourth-order valence-corrected chi connectivity index (χ4v) is 3.88. The predicted molar refractivity (Wildman–Crippen MR) is 76.6 cm³/mol. The summed E-state index contributed by atoms with van der Waals surface area (Å²) in [7, 11) is 0. The van der Waals surface area contributed by atoms with E-state index in [1.165, 1.54) is 11.8 Å². The van der Waals surface area contributed by atoms with Crippen LogP contribution in [0.25, 0.3) is 0 Å². The minimum atomic E-state index is -0.809. The highest BCUT2D eigenvalue weighted by molar-refractivity contribution is 8.01. The maximum Gasteiger partial charge on any atom is 0.311 e. The molecular formula is C13H17NO3S2. The highest BCUT2D eigenvalue weighted by atomic mass is 32.2. The summed E-state index contributed by atoms with van der Waals surface area (Å²) in [5.41, 5.74) is -0.790. The number of carboxylic acid groups (broad SMARTS) is 1. The number of nitrogens with zero attached hydrogens (tertiary/aromatic N) is 1. The molecule has 1 fully saturated rings. The first-order valence-corrected chi connectivity index (χ1v) is 8.05. The van der Waals surface area contributed by atoms with Gasteiger partial charge in [0.15, 0.2) is 0 Å². The van der Waals surface area contributed by atoms with Gasteiger partial charge in [0.05, 0.1) is 15.4 Å². The van der Waals surface area contributed by atoms with Crippen LogP contribution in [0.15, 0.2) is 21.7 Å². The molecule has 1 saturated heterocycles. The first-order chi connectivity index (χ1) is 9.01. The molecule has 1 N–H and O–H groups in total. The van der Waals surface area contributed by atoms with E-state index in [4.69, 9.17) is 0 Å². The van der Waals surface area contributed by atoms with Crippen LogP contribution in [0.4, 0.5) is 0 Å². The lowest BCUT2D eigenvalue weighted by molar-refractivity contribution is -0.153. The summed E-state index contributed by atoms with van der Waals surface area (Å²) in [6, 6.07) is 3.94. The molecule has 0 aliphatic carbocycles. The van der Waals surface area contributed by atoms with Crippen molar-refractivity contribution >= 4 is 35.0 Å². The third-order valence-electron chi connectivity index (χ3n) is 3.40. The van der Waals surface area contributed by atoms with Crippen molar-refractivity contribution in [2.45, 2.75) is 24.0 Å². The van der Waals surface area contributed by atoms with Gasteiger partial charge >= 0.3 is 5.97 Å². The van der Waals surface area contributed by atoms with Crippen molar-refractivity contribution in [3.63, 3.8) is 0 Å². The van der Waals surface area contributed by atoms with Crippen LogP contribution in [0.3, 0.4) is 0 Å². The van der Waals surface area contributed by atoms with Crippen molar-refractivity contribution in [3.8, 4) is 0 Å². The van der Waals surface area contributed by atoms with Gasteiger partial charge in [0.2, 0.25) is 5.91 Å². The molecule has 1 aliphatic heterocycles. The van der Waals surface area contributed by atoms with Crippen LogP contribution in [0, 0.1) is 5.41 Å². The maximum atomic E-state index is 12.1. The second kappa shape index (κ2) is 5.96. The molecule has 1 aromatic heterocycles. The van der Waals surface area contributed by atoms with Gasteiger partial charge in [0, 0.05) is 13.1 Å². The second-order valence-electron chi connectivity index (χ2n) is 5.01. The molecule has 1 amide bonds. The van der Waals surface area contributed by atoms with E-state index >= 15 is 0 Å². The number of aliphatic carboxylic acids is 1. The number of thiophene rings is 1. The summed E-state index contributed by atoms with van der Waals surface area (Å²) in [5, 5.41) is 11.2. The molecule has 19 heavy (non-hydrogen) atoms. The Bertz CT molecular complexity index is 460. The molecule has 2 rings (SSSR count). The number of hydrogen-bond acceptors (Lipinski definition) is 4. The number of carboxylic acids is 1. The molecule has 6 heteroatoms. The molecule has 1 unspecified atom stereocenters. The fourth-order valence-electron chi connectivity index (χ4n) is 2.20. The van der Waals surface area contributed by atoms with Gasteiger partial charge in [-0.05, 0) is 31.2 Å². The van der Waals surface area contributed by atoms with Crippen molar-refractivity contribution < 1.29 is 14.7 Å². The third kappa shape index (κ3) is 3.51. The average molecular weight is 299 g/mol. The summed E-state index contributed by atoms with van der Waals surface area (Å²) in [4.78, 5) is 25.1. The molecule has 1 aromatic rings. The van der Waals surface area contributed by atoms with E-state index in [1.54, 1.807) is 23.2 Å². The van der Waals surface area contributed by atoms with Crippen molar-refractivity contribution in [1.82, 2.24) is 4.90 Å². The molecule has 2 heterocycles. The molecule has 104 valence electrons. The highest BCUT2D eigenvalue weighted by Crippen LogP contribution is 2.30. The van der Waals surface area contributed by atoms with Crippen LogP contribution < -0.4 is 0 Å². The van der Waals surface area contributed by atoms with E-state index in [9.17, 15) is 14.7 Å². The van der Waals surface area contributed by atoms with Crippen molar-refractivity contribution in [3.05, 3.63) is 17.5 Å². The van der Waals surface area contributed by atoms with Crippen LogP contribution >= 0.6 is 23.1 Å². The number of piperidine rings is 1. The van der Waals surface area contributed by atoms with Gasteiger partial charge in [0.25, 0.3) is 0 Å². The largest absolute Gasteiger partial charge is 0.481 e. The van der Waals surface area contributed by atoms with Gasteiger partial charge in [-0.2, -0.15) is 0 Å². The number of likely N-dealkylation sites (tertiary alicyclic amines) is 1. The van der Waals surface area contributed by atoms with Crippen LogP contribution in [-0.2, 0) is 9.59 Å². The van der Waals surface area contributed by atoms with Gasteiger partial charge in [-0.1, -0.05) is 6.07 Å². The zero-order chi connectivity index (χ0) is 13.9. The summed E-state index contributed by atoms with van der Waals surface area (Å²) >= 11 is 3.13. The molecule has 1 aliphatic rings. The summed E-state index contributed by atoms with van der Waals surface area (Å²) in [6.07, 6.45) is 1.41. The lowest BCUT2D eigenvalue weighted by Crippen LogP contribution is -2.48. The smallest absolute Gasteiger partial charge is 0.311 e. The standard InChI is InChI=1S/C13H17NO3S2/c1-13(12(16)17)5-3-6-14(9-13)10(15)8-19-11-4-2-7-18-11/h2,4,7H,3,5-6,8-9H2,1H3,(H,16,17). The minimum absolute atomic E-state index is 0.0329. The summed E-state index contributed by atoms with van der Waals surface area (Å²) in [6.45, 7) is 2.72. The fraction of sp³-hybridized carbons (Fsp3) is 0.538.